The second-order valence-corrected chi connectivity index (χ2v) is 5.59. The van der Waals surface area contributed by atoms with Crippen molar-refractivity contribution in [3.63, 3.8) is 0 Å². The van der Waals surface area contributed by atoms with Crippen LogP contribution >= 0.6 is 0 Å². The van der Waals surface area contributed by atoms with E-state index in [1.165, 1.54) is 26.4 Å². The van der Waals surface area contributed by atoms with Gasteiger partial charge in [0.05, 0.1) is 19.9 Å². The van der Waals surface area contributed by atoms with Gasteiger partial charge in [0.25, 0.3) is 5.91 Å². The minimum Gasteiger partial charge on any atom is -0.493 e. The molecular formula is C19H20F2N2O4. The predicted octanol–water partition coefficient (Wildman–Crippen LogP) is 3.77. The zero-order chi connectivity index (χ0) is 20.0. The summed E-state index contributed by atoms with van der Waals surface area (Å²) in [6.07, 6.45) is 0. The van der Waals surface area contributed by atoms with E-state index in [4.69, 9.17) is 9.47 Å². The highest BCUT2D eigenvalue weighted by atomic mass is 19.3. The Morgan fingerprint density at radius 3 is 2.33 bits per heavy atom. The first-order valence-corrected chi connectivity index (χ1v) is 7.98. The average molecular weight is 378 g/mol. The molecular weight excluding hydrogens is 358 g/mol. The third-order valence-corrected chi connectivity index (χ3v) is 3.71. The third kappa shape index (κ3) is 5.16. The molecule has 2 aromatic rings. The number of alkyl halides is 2. The monoisotopic (exact) mass is 378 g/mol. The molecule has 1 amide bonds. The molecule has 0 atom stereocenters. The number of rotatable bonds is 7. The van der Waals surface area contributed by atoms with Gasteiger partial charge >= 0.3 is 6.61 Å². The van der Waals surface area contributed by atoms with E-state index in [2.05, 4.69) is 15.3 Å². The second-order valence-electron chi connectivity index (χ2n) is 5.59. The highest BCUT2D eigenvalue weighted by Crippen LogP contribution is 2.27. The van der Waals surface area contributed by atoms with Gasteiger partial charge < -0.3 is 14.2 Å². The van der Waals surface area contributed by atoms with Gasteiger partial charge in [-0.25, -0.2) is 5.43 Å². The lowest BCUT2D eigenvalue weighted by atomic mass is 10.1. The van der Waals surface area contributed by atoms with Crippen molar-refractivity contribution in [3.8, 4) is 17.2 Å². The number of nitrogens with one attached hydrogen (secondary N) is 1. The van der Waals surface area contributed by atoms with E-state index in [0.717, 1.165) is 5.56 Å². The van der Waals surface area contributed by atoms with E-state index >= 15 is 0 Å². The van der Waals surface area contributed by atoms with Crippen LogP contribution in [-0.4, -0.2) is 32.4 Å². The number of nitrogens with zero attached hydrogens (tertiary/aromatic N) is 1. The van der Waals surface area contributed by atoms with Gasteiger partial charge in [0.1, 0.15) is 5.75 Å². The first-order valence-electron chi connectivity index (χ1n) is 7.98. The smallest absolute Gasteiger partial charge is 0.387 e. The largest absolute Gasteiger partial charge is 0.493 e. The van der Waals surface area contributed by atoms with Crippen LogP contribution in [0.2, 0.25) is 0 Å². The Bertz CT molecular complexity index is 854. The van der Waals surface area contributed by atoms with Gasteiger partial charge in [-0.1, -0.05) is 11.6 Å². The number of amides is 1. The quantitative estimate of drug-likeness (QED) is 0.588. The SMILES string of the molecule is COc1ccc(C(=O)N/N=C(/C)c2cc(C)ccc2OC(F)F)cc1OC. The molecule has 0 saturated carbocycles. The molecule has 0 bridgehead atoms. The summed E-state index contributed by atoms with van der Waals surface area (Å²) in [5.41, 5.74) is 4.23. The molecule has 144 valence electrons. The van der Waals surface area contributed by atoms with E-state index < -0.39 is 12.5 Å². The maximum Gasteiger partial charge on any atom is 0.387 e. The molecule has 0 fully saturated rings. The number of hydrazone groups is 1. The van der Waals surface area contributed by atoms with E-state index in [1.54, 1.807) is 31.2 Å². The molecule has 0 aliphatic carbocycles. The summed E-state index contributed by atoms with van der Waals surface area (Å²) in [4.78, 5) is 12.3. The molecule has 2 aromatic carbocycles. The van der Waals surface area contributed by atoms with Gasteiger partial charge in [0.2, 0.25) is 0 Å². The summed E-state index contributed by atoms with van der Waals surface area (Å²) >= 11 is 0. The normalized spacial score (nSPS) is 11.3. The minimum atomic E-state index is -2.96. The number of halogens is 2. The highest BCUT2D eigenvalue weighted by Gasteiger charge is 2.14. The fraction of sp³-hybridized carbons (Fsp3) is 0.263. The van der Waals surface area contributed by atoms with Crippen LogP contribution < -0.4 is 19.6 Å². The number of methoxy groups -OCH3 is 2. The average Bonchev–Trinajstić information content (AvgIpc) is 2.66. The Kier molecular flexibility index (Phi) is 6.70. The fourth-order valence-electron chi connectivity index (χ4n) is 2.36. The number of benzene rings is 2. The molecule has 0 heterocycles. The van der Waals surface area contributed by atoms with Crippen molar-refractivity contribution in [2.45, 2.75) is 20.5 Å². The Hall–Kier alpha value is -3.16. The van der Waals surface area contributed by atoms with Crippen LogP contribution in [0.25, 0.3) is 0 Å². The molecule has 0 saturated heterocycles. The highest BCUT2D eigenvalue weighted by molar-refractivity contribution is 6.03. The molecule has 0 aliphatic rings. The maximum atomic E-state index is 12.6. The molecule has 2 rings (SSSR count). The van der Waals surface area contributed by atoms with Gasteiger partial charge in [-0.05, 0) is 44.2 Å². The molecule has 27 heavy (non-hydrogen) atoms. The van der Waals surface area contributed by atoms with Gasteiger partial charge in [-0.3, -0.25) is 4.79 Å². The van der Waals surface area contributed by atoms with E-state index in [0.29, 0.717) is 28.3 Å². The first-order chi connectivity index (χ1) is 12.8. The summed E-state index contributed by atoms with van der Waals surface area (Å²) < 4.78 is 40.0. The number of ether oxygens (including phenoxy) is 3. The maximum absolute atomic E-state index is 12.6. The van der Waals surface area contributed by atoms with Crippen LogP contribution in [0.15, 0.2) is 41.5 Å². The molecule has 0 spiro atoms. The molecule has 0 unspecified atom stereocenters. The lowest BCUT2D eigenvalue weighted by Gasteiger charge is -2.12. The first kappa shape index (κ1) is 20.2. The molecule has 0 aromatic heterocycles. The fourth-order valence-corrected chi connectivity index (χ4v) is 2.36. The van der Waals surface area contributed by atoms with Crippen LogP contribution in [0.1, 0.15) is 28.4 Å². The van der Waals surface area contributed by atoms with E-state index in [-0.39, 0.29) is 5.75 Å². The van der Waals surface area contributed by atoms with Crippen LogP contribution in [0, 0.1) is 6.92 Å². The predicted molar refractivity (Wildman–Crippen MR) is 97.0 cm³/mol. The zero-order valence-electron chi connectivity index (χ0n) is 15.4. The van der Waals surface area contributed by atoms with Gasteiger partial charge in [0.15, 0.2) is 11.5 Å². The number of hydrogen-bond acceptors (Lipinski definition) is 5. The zero-order valence-corrected chi connectivity index (χ0v) is 15.4. The lowest BCUT2D eigenvalue weighted by Crippen LogP contribution is -2.20. The van der Waals surface area contributed by atoms with Crippen LogP contribution in [0.4, 0.5) is 8.78 Å². The topological polar surface area (TPSA) is 69.2 Å². The van der Waals surface area contributed by atoms with E-state index in [9.17, 15) is 13.6 Å². The van der Waals surface area contributed by atoms with Crippen molar-refractivity contribution in [2.75, 3.05) is 14.2 Å². The van der Waals surface area contributed by atoms with Crippen LogP contribution in [-0.2, 0) is 0 Å². The number of carbonyl (C=O) groups is 1. The van der Waals surface area contributed by atoms with Crippen molar-refractivity contribution in [2.24, 2.45) is 5.10 Å². The van der Waals surface area contributed by atoms with Crippen molar-refractivity contribution in [3.05, 3.63) is 53.1 Å². The molecule has 6 nitrogen and oxygen atoms in total. The van der Waals surface area contributed by atoms with Crippen LogP contribution in [0.5, 0.6) is 17.2 Å². The molecule has 0 aliphatic heterocycles. The lowest BCUT2D eigenvalue weighted by molar-refractivity contribution is -0.0499. The number of hydrogen-bond donors (Lipinski definition) is 1. The van der Waals surface area contributed by atoms with Crippen molar-refractivity contribution in [1.82, 2.24) is 5.43 Å². The Morgan fingerprint density at radius 2 is 1.70 bits per heavy atom. The van der Waals surface area contributed by atoms with E-state index in [1.807, 2.05) is 6.92 Å². The molecule has 0 radical (unpaired) electrons. The summed E-state index contributed by atoms with van der Waals surface area (Å²) in [5, 5.41) is 4.00. The van der Waals surface area contributed by atoms with Gasteiger partial charge in [-0.2, -0.15) is 13.9 Å². The Balaban J connectivity index is 2.22. The minimum absolute atomic E-state index is 0.0165. The Labute approximate surface area is 155 Å². The molecule has 1 N–H and O–H groups in total. The summed E-state index contributed by atoms with van der Waals surface area (Å²) in [7, 11) is 2.95. The van der Waals surface area contributed by atoms with Gasteiger partial charge in [0, 0.05) is 11.1 Å². The van der Waals surface area contributed by atoms with Crippen molar-refractivity contribution >= 4 is 11.6 Å². The molecule has 8 heteroatoms. The van der Waals surface area contributed by atoms with Gasteiger partial charge in [-0.15, -0.1) is 0 Å². The standard InChI is InChI=1S/C19H20F2N2O4/c1-11-5-7-15(27-19(20)21)14(9-11)12(2)22-23-18(24)13-6-8-16(25-3)17(10-13)26-4/h5-10,19H,1-4H3,(H,23,24)/b22-12-. The summed E-state index contributed by atoms with van der Waals surface area (Å²) in [6.45, 7) is 0.438. The Morgan fingerprint density at radius 1 is 1.04 bits per heavy atom. The summed E-state index contributed by atoms with van der Waals surface area (Å²) in [5.74, 6) is 0.385. The second kappa shape index (κ2) is 8.98. The van der Waals surface area contributed by atoms with Crippen LogP contribution in [0.3, 0.4) is 0 Å². The number of carbonyl (C=O) groups excluding carboxylic acids is 1. The van der Waals surface area contributed by atoms with Crippen molar-refractivity contribution in [1.29, 1.82) is 0 Å². The number of aryl methyl sites for hydroxylation is 1. The van der Waals surface area contributed by atoms with Crippen molar-refractivity contribution < 1.29 is 27.8 Å². The third-order valence-electron chi connectivity index (χ3n) is 3.71. The summed E-state index contributed by atoms with van der Waals surface area (Å²) in [6, 6.07) is 9.40.